The molecule has 1 fully saturated rings. The molecule has 0 spiro atoms. The summed E-state index contributed by atoms with van der Waals surface area (Å²) in [6, 6.07) is 7.28. The molecule has 0 unspecified atom stereocenters. The maximum atomic E-state index is 13.5. The van der Waals surface area contributed by atoms with Crippen LogP contribution in [-0.4, -0.2) is 48.0 Å². The highest BCUT2D eigenvalue weighted by atomic mass is 19.1. The number of hydrogen-bond donors (Lipinski definition) is 2. The van der Waals surface area contributed by atoms with Crippen LogP contribution in [0, 0.1) is 24.1 Å². The first-order valence-electron chi connectivity index (χ1n) is 11.4. The van der Waals surface area contributed by atoms with Crippen molar-refractivity contribution in [3.63, 3.8) is 0 Å². The van der Waals surface area contributed by atoms with E-state index in [4.69, 9.17) is 12.2 Å². The Balaban J connectivity index is 1.57. The van der Waals surface area contributed by atoms with E-state index >= 15 is 0 Å². The summed E-state index contributed by atoms with van der Waals surface area (Å²) in [5.74, 6) is 2.33. The lowest BCUT2D eigenvalue weighted by atomic mass is 9.88. The first kappa shape index (κ1) is 23.2. The first-order chi connectivity index (χ1) is 15.7. The molecule has 0 saturated carbocycles. The number of carbonyl (C=O) groups excluding carboxylic acids is 1. The lowest BCUT2D eigenvalue weighted by molar-refractivity contribution is -0.121. The SMILES string of the molecule is C#CCN1CCC([C@H](N)C(=O)N2CC(C)(C)c3[nH]c(=O)c(Cc4ccc(F)cc4)cc32)CC1. The van der Waals surface area contributed by atoms with Crippen LogP contribution in [0.25, 0.3) is 0 Å². The van der Waals surface area contributed by atoms with Gasteiger partial charge >= 0.3 is 0 Å². The number of halogens is 1. The average Bonchev–Trinajstić information content (AvgIpc) is 3.05. The fourth-order valence-corrected chi connectivity index (χ4v) is 4.98. The molecular weight excluding hydrogens is 419 g/mol. The zero-order valence-corrected chi connectivity index (χ0v) is 19.2. The second-order valence-electron chi connectivity index (χ2n) is 9.84. The predicted octanol–water partition coefficient (Wildman–Crippen LogP) is 2.40. The molecule has 2 aliphatic rings. The largest absolute Gasteiger partial charge is 0.323 e. The van der Waals surface area contributed by atoms with E-state index < -0.39 is 11.5 Å². The summed E-state index contributed by atoms with van der Waals surface area (Å²) in [6.45, 7) is 6.78. The van der Waals surface area contributed by atoms with Crippen LogP contribution >= 0.6 is 0 Å². The highest BCUT2D eigenvalue weighted by Crippen LogP contribution is 2.39. The number of aromatic nitrogens is 1. The Morgan fingerprint density at radius 1 is 1.30 bits per heavy atom. The van der Waals surface area contributed by atoms with Gasteiger partial charge in [-0.15, -0.1) is 6.42 Å². The van der Waals surface area contributed by atoms with E-state index in [9.17, 15) is 14.0 Å². The fraction of sp³-hybridized carbons (Fsp3) is 0.462. The van der Waals surface area contributed by atoms with Gasteiger partial charge in [0.05, 0.1) is 18.3 Å². The fourth-order valence-electron chi connectivity index (χ4n) is 4.98. The number of likely N-dealkylation sites (tertiary alicyclic amines) is 1. The second-order valence-corrected chi connectivity index (χ2v) is 9.84. The highest BCUT2D eigenvalue weighted by molar-refractivity contribution is 5.99. The van der Waals surface area contributed by atoms with E-state index in [1.807, 2.05) is 13.8 Å². The van der Waals surface area contributed by atoms with Gasteiger partial charge in [-0.25, -0.2) is 4.39 Å². The third-order valence-electron chi connectivity index (χ3n) is 6.93. The quantitative estimate of drug-likeness (QED) is 0.686. The van der Waals surface area contributed by atoms with E-state index in [1.165, 1.54) is 12.1 Å². The second kappa shape index (κ2) is 9.12. The van der Waals surface area contributed by atoms with Crippen LogP contribution in [0.4, 0.5) is 10.1 Å². The molecule has 0 bridgehead atoms. The van der Waals surface area contributed by atoms with Crippen molar-refractivity contribution >= 4 is 11.6 Å². The Kier molecular flexibility index (Phi) is 6.42. The molecule has 2 aromatic rings. The number of aromatic amines is 1. The van der Waals surface area contributed by atoms with Gasteiger partial charge in [-0.05, 0) is 55.6 Å². The number of anilines is 1. The highest BCUT2D eigenvalue weighted by Gasteiger charge is 2.42. The molecule has 0 radical (unpaired) electrons. The number of amides is 1. The van der Waals surface area contributed by atoms with Gasteiger partial charge in [-0.3, -0.25) is 14.5 Å². The van der Waals surface area contributed by atoms with Crippen LogP contribution in [0.2, 0.25) is 0 Å². The maximum absolute atomic E-state index is 13.5. The van der Waals surface area contributed by atoms with Crippen molar-refractivity contribution in [2.24, 2.45) is 11.7 Å². The van der Waals surface area contributed by atoms with Crippen molar-refractivity contribution in [1.82, 2.24) is 9.88 Å². The molecular formula is C26H31FN4O2. The summed E-state index contributed by atoms with van der Waals surface area (Å²) < 4.78 is 13.3. The minimum absolute atomic E-state index is 0.0973. The van der Waals surface area contributed by atoms with E-state index in [-0.39, 0.29) is 23.2 Å². The molecule has 1 amide bonds. The van der Waals surface area contributed by atoms with Crippen molar-refractivity contribution < 1.29 is 9.18 Å². The number of pyridine rings is 1. The number of carbonyl (C=O) groups is 1. The lowest BCUT2D eigenvalue weighted by Crippen LogP contribution is -2.51. The summed E-state index contributed by atoms with van der Waals surface area (Å²) >= 11 is 0. The molecule has 2 aliphatic heterocycles. The number of benzene rings is 1. The van der Waals surface area contributed by atoms with Crippen LogP contribution in [0.15, 0.2) is 35.1 Å². The third-order valence-corrected chi connectivity index (χ3v) is 6.93. The predicted molar refractivity (Wildman–Crippen MR) is 128 cm³/mol. The molecule has 3 N–H and O–H groups in total. The van der Waals surface area contributed by atoms with E-state index in [0.29, 0.717) is 30.8 Å². The topological polar surface area (TPSA) is 82.4 Å². The molecule has 1 atom stereocenters. The number of nitrogens with one attached hydrogen (secondary N) is 1. The molecule has 4 rings (SSSR count). The smallest absolute Gasteiger partial charge is 0.251 e. The molecule has 1 aromatic heterocycles. The number of piperidine rings is 1. The minimum Gasteiger partial charge on any atom is -0.323 e. The summed E-state index contributed by atoms with van der Waals surface area (Å²) in [4.78, 5) is 33.3. The molecule has 33 heavy (non-hydrogen) atoms. The molecule has 0 aliphatic carbocycles. The van der Waals surface area contributed by atoms with Crippen LogP contribution < -0.4 is 16.2 Å². The number of H-pyrrole nitrogens is 1. The Hall–Kier alpha value is -2.95. The van der Waals surface area contributed by atoms with Gasteiger partial charge in [0.15, 0.2) is 0 Å². The number of nitrogens with two attached hydrogens (primary N) is 1. The maximum Gasteiger partial charge on any atom is 0.251 e. The first-order valence-corrected chi connectivity index (χ1v) is 11.4. The summed E-state index contributed by atoms with van der Waals surface area (Å²) in [5, 5.41) is 0. The monoisotopic (exact) mass is 450 g/mol. The Morgan fingerprint density at radius 3 is 2.61 bits per heavy atom. The van der Waals surface area contributed by atoms with Gasteiger partial charge in [0.25, 0.3) is 5.56 Å². The Labute approximate surface area is 194 Å². The van der Waals surface area contributed by atoms with Crippen LogP contribution in [0.5, 0.6) is 0 Å². The molecule has 1 saturated heterocycles. The number of terminal acetylenes is 1. The van der Waals surface area contributed by atoms with E-state index in [2.05, 4.69) is 15.8 Å². The summed E-state index contributed by atoms with van der Waals surface area (Å²) in [7, 11) is 0. The van der Waals surface area contributed by atoms with E-state index in [1.54, 1.807) is 23.1 Å². The van der Waals surface area contributed by atoms with Gasteiger partial charge in [0.1, 0.15) is 5.82 Å². The Bertz CT molecular complexity index is 1120. The summed E-state index contributed by atoms with van der Waals surface area (Å²) in [6.07, 6.45) is 7.43. The zero-order chi connectivity index (χ0) is 23.8. The van der Waals surface area contributed by atoms with Crippen molar-refractivity contribution in [2.75, 3.05) is 31.1 Å². The number of rotatable bonds is 5. The number of fused-ring (bicyclic) bond motifs is 1. The van der Waals surface area contributed by atoms with Crippen molar-refractivity contribution in [2.45, 2.75) is 44.6 Å². The van der Waals surface area contributed by atoms with Crippen LogP contribution in [0.1, 0.15) is 43.5 Å². The van der Waals surface area contributed by atoms with Gasteiger partial charge in [0, 0.05) is 29.6 Å². The zero-order valence-electron chi connectivity index (χ0n) is 19.2. The minimum atomic E-state index is -0.604. The normalized spacial score (nSPS) is 19.2. The lowest BCUT2D eigenvalue weighted by Gasteiger charge is -2.34. The molecule has 6 nitrogen and oxygen atoms in total. The van der Waals surface area contributed by atoms with Crippen LogP contribution in [-0.2, 0) is 16.6 Å². The third kappa shape index (κ3) is 4.73. The summed E-state index contributed by atoms with van der Waals surface area (Å²) in [5.41, 5.74) is 8.72. The Morgan fingerprint density at radius 2 is 1.97 bits per heavy atom. The molecule has 174 valence electrons. The standard InChI is InChI=1S/C26H31FN4O2/c1-4-11-30-12-9-18(10-13-30)22(28)25(33)31-16-26(2,3)23-21(31)15-19(24(32)29-23)14-17-5-7-20(27)8-6-17/h1,5-8,15,18,22H,9-14,16,28H2,2-3H3,(H,29,32)/t22-/m0/s1. The van der Waals surface area contributed by atoms with Gasteiger partial charge < -0.3 is 15.6 Å². The van der Waals surface area contributed by atoms with Crippen LogP contribution in [0.3, 0.4) is 0 Å². The van der Waals surface area contributed by atoms with Crippen molar-refractivity contribution in [3.8, 4) is 12.3 Å². The van der Waals surface area contributed by atoms with Crippen molar-refractivity contribution in [3.05, 3.63) is 63.3 Å². The molecule has 1 aromatic carbocycles. The van der Waals surface area contributed by atoms with E-state index in [0.717, 1.165) is 37.2 Å². The van der Waals surface area contributed by atoms with Gasteiger partial charge in [-0.2, -0.15) is 0 Å². The van der Waals surface area contributed by atoms with Gasteiger partial charge in [0.2, 0.25) is 5.91 Å². The molecule has 7 heteroatoms. The number of hydrogen-bond acceptors (Lipinski definition) is 4. The van der Waals surface area contributed by atoms with Gasteiger partial charge in [-0.1, -0.05) is 31.9 Å². The van der Waals surface area contributed by atoms with Crippen molar-refractivity contribution in [1.29, 1.82) is 0 Å². The molecule has 3 heterocycles. The average molecular weight is 451 g/mol. The number of nitrogens with zero attached hydrogens (tertiary/aromatic N) is 2.